The van der Waals surface area contributed by atoms with E-state index < -0.39 is 11.9 Å². The maximum Gasteiger partial charge on any atom is 0.338 e. The summed E-state index contributed by atoms with van der Waals surface area (Å²) in [5, 5.41) is 0. The Morgan fingerprint density at radius 1 is 0.905 bits per heavy atom. The molecule has 118 valence electrons. The third kappa shape index (κ3) is 5.37. The first-order valence-electron chi connectivity index (χ1n) is 7.56. The van der Waals surface area contributed by atoms with Crippen LogP contribution < -0.4 is 0 Å². The van der Waals surface area contributed by atoms with E-state index in [1.165, 1.54) is 0 Å². The van der Waals surface area contributed by atoms with Crippen molar-refractivity contribution >= 4 is 11.9 Å². The molecule has 2 unspecified atom stereocenters. The summed E-state index contributed by atoms with van der Waals surface area (Å²) < 4.78 is 10.5. The maximum absolute atomic E-state index is 12.3. The van der Waals surface area contributed by atoms with Crippen LogP contribution in [0.4, 0.5) is 0 Å². The molecule has 0 aromatic carbocycles. The van der Waals surface area contributed by atoms with Crippen molar-refractivity contribution in [2.24, 2.45) is 11.8 Å². The van der Waals surface area contributed by atoms with Crippen LogP contribution in [0.25, 0.3) is 0 Å². The molecular formula is C17H26O4. The molecule has 0 saturated heterocycles. The molecule has 0 amide bonds. The van der Waals surface area contributed by atoms with E-state index in [2.05, 4.69) is 0 Å². The second-order valence-electron chi connectivity index (χ2n) is 6.26. The Morgan fingerprint density at radius 3 is 1.52 bits per heavy atom. The lowest BCUT2D eigenvalue weighted by molar-refractivity contribution is -0.146. The highest BCUT2D eigenvalue weighted by atomic mass is 16.5. The van der Waals surface area contributed by atoms with Gasteiger partial charge >= 0.3 is 11.9 Å². The van der Waals surface area contributed by atoms with Gasteiger partial charge in [0.1, 0.15) is 0 Å². The van der Waals surface area contributed by atoms with Crippen molar-refractivity contribution in [2.45, 2.75) is 60.2 Å². The van der Waals surface area contributed by atoms with E-state index in [0.29, 0.717) is 11.1 Å². The number of rotatable bonds is 4. The van der Waals surface area contributed by atoms with Gasteiger partial charge < -0.3 is 9.47 Å². The fourth-order valence-electron chi connectivity index (χ4n) is 2.38. The fraction of sp³-hybridized carbons (Fsp3) is 0.647. The molecule has 4 heteroatoms. The molecule has 0 radical (unpaired) electrons. The summed E-state index contributed by atoms with van der Waals surface area (Å²) in [4.78, 5) is 24.6. The normalized spacial score (nSPS) is 22.5. The van der Waals surface area contributed by atoms with Gasteiger partial charge in [0.2, 0.25) is 0 Å². The highest BCUT2D eigenvalue weighted by Gasteiger charge is 2.28. The topological polar surface area (TPSA) is 52.6 Å². The van der Waals surface area contributed by atoms with Crippen molar-refractivity contribution in [1.82, 2.24) is 0 Å². The predicted molar refractivity (Wildman–Crippen MR) is 81.6 cm³/mol. The monoisotopic (exact) mass is 294 g/mol. The molecule has 0 saturated carbocycles. The summed E-state index contributed by atoms with van der Waals surface area (Å²) in [6, 6.07) is 0. The Labute approximate surface area is 127 Å². The first-order valence-corrected chi connectivity index (χ1v) is 7.56. The third-order valence-corrected chi connectivity index (χ3v) is 3.06. The van der Waals surface area contributed by atoms with Crippen molar-refractivity contribution in [3.63, 3.8) is 0 Å². The molecule has 0 aromatic rings. The van der Waals surface area contributed by atoms with Gasteiger partial charge in [-0.1, -0.05) is 26.0 Å². The summed E-state index contributed by atoms with van der Waals surface area (Å²) in [6.07, 6.45) is 4.08. The molecule has 0 spiro atoms. The van der Waals surface area contributed by atoms with Crippen LogP contribution in [-0.2, 0) is 19.1 Å². The van der Waals surface area contributed by atoms with E-state index in [-0.39, 0.29) is 24.0 Å². The number of carbonyl (C=O) groups excluding carboxylic acids is 2. The van der Waals surface area contributed by atoms with Crippen molar-refractivity contribution < 1.29 is 19.1 Å². The van der Waals surface area contributed by atoms with Gasteiger partial charge in [-0.05, 0) is 46.0 Å². The van der Waals surface area contributed by atoms with Crippen LogP contribution in [0, 0.1) is 11.8 Å². The summed E-state index contributed by atoms with van der Waals surface area (Å²) in [5.74, 6) is -0.513. The molecule has 1 aliphatic carbocycles. The molecule has 21 heavy (non-hydrogen) atoms. The van der Waals surface area contributed by atoms with Crippen LogP contribution >= 0.6 is 0 Å². The average molecular weight is 294 g/mol. The van der Waals surface area contributed by atoms with Gasteiger partial charge in [-0.2, -0.15) is 0 Å². The van der Waals surface area contributed by atoms with Gasteiger partial charge in [0.15, 0.2) is 0 Å². The van der Waals surface area contributed by atoms with Gasteiger partial charge in [-0.25, -0.2) is 9.59 Å². The molecule has 1 aliphatic rings. The Kier molecular flexibility index (Phi) is 6.19. The summed E-state index contributed by atoms with van der Waals surface area (Å²) in [6.45, 7) is 11.2. The first-order chi connectivity index (χ1) is 9.70. The van der Waals surface area contributed by atoms with Gasteiger partial charge in [0.25, 0.3) is 0 Å². The quantitative estimate of drug-likeness (QED) is 0.746. The molecule has 0 N–H and O–H groups in total. The van der Waals surface area contributed by atoms with Crippen LogP contribution in [0.15, 0.2) is 23.3 Å². The van der Waals surface area contributed by atoms with E-state index in [1.54, 1.807) is 27.7 Å². The second-order valence-corrected chi connectivity index (χ2v) is 6.26. The molecule has 0 bridgehead atoms. The highest BCUT2D eigenvalue weighted by Crippen LogP contribution is 2.28. The highest BCUT2D eigenvalue weighted by molar-refractivity contribution is 6.07. The first kappa shape index (κ1) is 17.5. The number of ether oxygens (including phenoxy) is 2. The molecule has 0 heterocycles. The SMILES string of the molecule is CC1C=C(C(=O)OC(C)C)C(C(=O)OC(C)C)=CC(C)C1. The smallest absolute Gasteiger partial charge is 0.338 e. The summed E-state index contributed by atoms with van der Waals surface area (Å²) in [5.41, 5.74) is 0.650. The zero-order valence-corrected chi connectivity index (χ0v) is 13.8. The lowest BCUT2D eigenvalue weighted by atomic mass is 9.98. The molecule has 0 fully saturated rings. The van der Waals surface area contributed by atoms with E-state index in [4.69, 9.17) is 9.47 Å². The molecule has 1 rings (SSSR count). The number of carbonyl (C=O) groups is 2. The minimum absolute atomic E-state index is 0.204. The Balaban J connectivity index is 3.14. The zero-order valence-electron chi connectivity index (χ0n) is 13.8. The van der Waals surface area contributed by atoms with Gasteiger partial charge in [-0.15, -0.1) is 0 Å². The van der Waals surface area contributed by atoms with Crippen molar-refractivity contribution in [3.05, 3.63) is 23.3 Å². The number of esters is 2. The maximum atomic E-state index is 12.3. The average Bonchev–Trinajstić information content (AvgIpc) is 2.45. The van der Waals surface area contributed by atoms with Crippen LogP contribution in [0.2, 0.25) is 0 Å². The third-order valence-electron chi connectivity index (χ3n) is 3.06. The largest absolute Gasteiger partial charge is 0.459 e. The van der Waals surface area contributed by atoms with E-state index in [9.17, 15) is 9.59 Å². The van der Waals surface area contributed by atoms with Crippen LogP contribution in [0.1, 0.15) is 48.0 Å². The predicted octanol–water partition coefficient (Wildman–Crippen LogP) is 3.42. The van der Waals surface area contributed by atoms with E-state index in [0.717, 1.165) is 6.42 Å². The summed E-state index contributed by atoms with van der Waals surface area (Å²) >= 11 is 0. The number of hydrogen-bond acceptors (Lipinski definition) is 4. The van der Waals surface area contributed by atoms with Gasteiger partial charge in [0.05, 0.1) is 23.4 Å². The van der Waals surface area contributed by atoms with E-state index in [1.807, 2.05) is 26.0 Å². The minimum Gasteiger partial charge on any atom is -0.459 e. The molecule has 2 atom stereocenters. The lowest BCUT2D eigenvalue weighted by Crippen LogP contribution is -2.21. The van der Waals surface area contributed by atoms with Crippen molar-refractivity contribution in [1.29, 1.82) is 0 Å². The Bertz CT molecular complexity index is 415. The lowest BCUT2D eigenvalue weighted by Gasteiger charge is -2.15. The Morgan fingerprint density at radius 2 is 1.24 bits per heavy atom. The van der Waals surface area contributed by atoms with E-state index >= 15 is 0 Å². The molecule has 4 nitrogen and oxygen atoms in total. The minimum atomic E-state index is -0.460. The standard InChI is InChI=1S/C17H26O4/c1-10(2)20-16(18)14-8-12(5)7-13(6)9-15(14)17(19)21-11(3)4/h8-13H,7H2,1-6H3. The van der Waals surface area contributed by atoms with Crippen LogP contribution in [0.3, 0.4) is 0 Å². The van der Waals surface area contributed by atoms with Crippen LogP contribution in [0.5, 0.6) is 0 Å². The van der Waals surface area contributed by atoms with Gasteiger partial charge in [0, 0.05) is 0 Å². The number of allylic oxidation sites excluding steroid dienone is 2. The number of hydrogen-bond donors (Lipinski definition) is 0. The van der Waals surface area contributed by atoms with Gasteiger partial charge in [-0.3, -0.25) is 0 Å². The van der Waals surface area contributed by atoms with Crippen molar-refractivity contribution in [2.75, 3.05) is 0 Å². The summed E-state index contributed by atoms with van der Waals surface area (Å²) in [7, 11) is 0. The fourth-order valence-corrected chi connectivity index (χ4v) is 2.38. The van der Waals surface area contributed by atoms with Crippen molar-refractivity contribution in [3.8, 4) is 0 Å². The molecule has 0 aromatic heterocycles. The molecular weight excluding hydrogens is 268 g/mol. The zero-order chi connectivity index (χ0) is 16.2. The molecule has 0 aliphatic heterocycles. The Hall–Kier alpha value is -1.58. The van der Waals surface area contributed by atoms with Crippen LogP contribution in [-0.4, -0.2) is 24.1 Å². The second kappa shape index (κ2) is 7.43.